The van der Waals surface area contributed by atoms with Gasteiger partial charge >= 0.3 is 0 Å². The lowest BCUT2D eigenvalue weighted by Gasteiger charge is -2.41. The maximum Gasteiger partial charge on any atom is 0.0728 e. The van der Waals surface area contributed by atoms with Crippen LogP contribution in [0.15, 0.2) is 47.8 Å². The van der Waals surface area contributed by atoms with Crippen molar-refractivity contribution < 1.29 is 5.11 Å². The molecule has 1 saturated heterocycles. The van der Waals surface area contributed by atoms with E-state index in [-0.39, 0.29) is 12.0 Å². The highest BCUT2D eigenvalue weighted by Crippen LogP contribution is 2.41. The van der Waals surface area contributed by atoms with Gasteiger partial charge in [-0.2, -0.15) is 0 Å². The van der Waals surface area contributed by atoms with Crippen LogP contribution < -0.4 is 0 Å². The van der Waals surface area contributed by atoms with Crippen molar-refractivity contribution >= 4 is 10.8 Å². The molecule has 0 bridgehead atoms. The minimum Gasteiger partial charge on any atom is -0.389 e. The molecule has 0 amide bonds. The molecule has 1 N–H and O–H groups in total. The predicted molar refractivity (Wildman–Crippen MR) is 113 cm³/mol. The average Bonchev–Trinajstić information content (AvgIpc) is 3.20. The largest absolute Gasteiger partial charge is 0.389 e. The Morgan fingerprint density at radius 2 is 1.93 bits per heavy atom. The van der Waals surface area contributed by atoms with E-state index in [1.54, 1.807) is 12.1 Å². The van der Waals surface area contributed by atoms with Crippen LogP contribution in [0.4, 0.5) is 0 Å². The first kappa shape index (κ1) is 19.3. The maximum absolute atomic E-state index is 11.6. The Morgan fingerprint density at radius 1 is 1.18 bits per heavy atom. The molecule has 4 rings (SSSR count). The third-order valence-electron chi connectivity index (χ3n) is 6.89. The van der Waals surface area contributed by atoms with E-state index >= 15 is 0 Å². The lowest BCUT2D eigenvalue weighted by atomic mass is 9.72. The molecule has 5 heteroatoms. The van der Waals surface area contributed by atoms with Crippen LogP contribution >= 0.6 is 0 Å². The number of aliphatic hydroxyl groups is 1. The van der Waals surface area contributed by atoms with Crippen molar-refractivity contribution in [3.63, 3.8) is 0 Å². The minimum atomic E-state index is -0.645. The average molecular weight is 382 g/mol. The summed E-state index contributed by atoms with van der Waals surface area (Å²) in [6.45, 7) is 2.62. The first-order chi connectivity index (χ1) is 13.6. The lowest BCUT2D eigenvalue weighted by Crippen LogP contribution is -2.44. The molecule has 150 valence electrons. The summed E-state index contributed by atoms with van der Waals surface area (Å²) in [6, 6.07) is 15.2. The van der Waals surface area contributed by atoms with Gasteiger partial charge in [-0.15, -0.1) is 4.91 Å². The number of nitroso groups, excluding NO2 is 1. The second-order valence-electron chi connectivity index (χ2n) is 8.68. The zero-order chi connectivity index (χ0) is 19.6. The molecule has 5 nitrogen and oxygen atoms in total. The summed E-state index contributed by atoms with van der Waals surface area (Å²) in [5, 5.41) is 18.7. The molecule has 0 aromatic heterocycles. The SMILES string of the molecule is CN(N=O)[C@H]1CCN(CC(c2ccc3ccccc3c2)C2(O)CCCCC2)C1. The number of benzene rings is 2. The van der Waals surface area contributed by atoms with E-state index in [9.17, 15) is 10.0 Å². The van der Waals surface area contributed by atoms with Crippen LogP contribution in [-0.2, 0) is 0 Å². The van der Waals surface area contributed by atoms with Gasteiger partial charge in [0.25, 0.3) is 0 Å². The molecule has 2 atom stereocenters. The zero-order valence-corrected chi connectivity index (χ0v) is 16.8. The molecule has 0 radical (unpaired) electrons. The molecule has 1 aliphatic carbocycles. The van der Waals surface area contributed by atoms with Crippen LogP contribution in [0.3, 0.4) is 0 Å². The van der Waals surface area contributed by atoms with Gasteiger partial charge < -0.3 is 10.0 Å². The van der Waals surface area contributed by atoms with Crippen molar-refractivity contribution in [3.05, 3.63) is 52.9 Å². The van der Waals surface area contributed by atoms with Crippen molar-refractivity contribution in [2.24, 2.45) is 5.29 Å². The van der Waals surface area contributed by atoms with Gasteiger partial charge in [0.2, 0.25) is 0 Å². The number of likely N-dealkylation sites (tertiary alicyclic amines) is 1. The van der Waals surface area contributed by atoms with E-state index in [1.165, 1.54) is 22.8 Å². The molecule has 2 fully saturated rings. The molecule has 1 heterocycles. The van der Waals surface area contributed by atoms with Gasteiger partial charge in [-0.1, -0.05) is 61.7 Å². The summed E-state index contributed by atoms with van der Waals surface area (Å²) in [7, 11) is 1.76. The Bertz CT molecular complexity index is 818. The molecule has 2 aromatic carbocycles. The van der Waals surface area contributed by atoms with Crippen molar-refractivity contribution in [3.8, 4) is 0 Å². The summed E-state index contributed by atoms with van der Waals surface area (Å²) < 4.78 is 0. The van der Waals surface area contributed by atoms with Crippen molar-refractivity contribution in [2.75, 3.05) is 26.7 Å². The zero-order valence-electron chi connectivity index (χ0n) is 16.8. The summed E-state index contributed by atoms with van der Waals surface area (Å²) >= 11 is 0. The van der Waals surface area contributed by atoms with Crippen molar-refractivity contribution in [1.82, 2.24) is 9.91 Å². The van der Waals surface area contributed by atoms with Crippen LogP contribution in [0, 0.1) is 4.91 Å². The topological polar surface area (TPSA) is 56.1 Å². The first-order valence-corrected chi connectivity index (χ1v) is 10.6. The van der Waals surface area contributed by atoms with E-state index in [1.807, 2.05) is 0 Å². The Balaban J connectivity index is 1.61. The van der Waals surface area contributed by atoms with Crippen molar-refractivity contribution in [2.45, 2.75) is 56.1 Å². The molecule has 1 aliphatic heterocycles. The van der Waals surface area contributed by atoms with Crippen LogP contribution in [0.1, 0.15) is 50.0 Å². The van der Waals surface area contributed by atoms with E-state index in [0.717, 1.165) is 51.7 Å². The molecular weight excluding hydrogens is 350 g/mol. The van der Waals surface area contributed by atoms with Gasteiger partial charge in [-0.05, 0) is 35.6 Å². The smallest absolute Gasteiger partial charge is 0.0728 e. The lowest BCUT2D eigenvalue weighted by molar-refractivity contribution is -0.0297. The van der Waals surface area contributed by atoms with E-state index in [0.29, 0.717) is 0 Å². The van der Waals surface area contributed by atoms with Crippen LogP contribution in [-0.4, -0.2) is 53.3 Å². The molecule has 0 spiro atoms. The van der Waals surface area contributed by atoms with Crippen LogP contribution in [0.5, 0.6) is 0 Å². The first-order valence-electron chi connectivity index (χ1n) is 10.6. The normalized spacial score (nSPS) is 23.6. The third kappa shape index (κ3) is 3.91. The number of rotatable bonds is 6. The highest BCUT2D eigenvalue weighted by atomic mass is 16.3. The second-order valence-corrected chi connectivity index (χ2v) is 8.68. The third-order valence-corrected chi connectivity index (χ3v) is 6.89. The molecule has 1 unspecified atom stereocenters. The molecule has 2 aromatic rings. The fourth-order valence-corrected chi connectivity index (χ4v) is 5.13. The highest BCUT2D eigenvalue weighted by Gasteiger charge is 2.40. The van der Waals surface area contributed by atoms with Gasteiger partial charge in [0.05, 0.1) is 16.9 Å². The van der Waals surface area contributed by atoms with E-state index < -0.39 is 5.60 Å². The van der Waals surface area contributed by atoms with E-state index in [2.05, 4.69) is 52.7 Å². The molecular formula is C23H31N3O2. The molecule has 2 aliphatic rings. The quantitative estimate of drug-likeness (QED) is 0.598. The number of likely N-dealkylation sites (N-methyl/N-ethyl adjacent to an activating group) is 1. The number of nitrogens with zero attached hydrogens (tertiary/aromatic N) is 3. The Kier molecular flexibility index (Phi) is 5.65. The van der Waals surface area contributed by atoms with Gasteiger partial charge in [0.15, 0.2) is 0 Å². The summed E-state index contributed by atoms with van der Waals surface area (Å²) in [5.41, 5.74) is 0.585. The summed E-state index contributed by atoms with van der Waals surface area (Å²) in [6.07, 6.45) is 6.11. The van der Waals surface area contributed by atoms with Crippen LogP contribution in [0.2, 0.25) is 0 Å². The van der Waals surface area contributed by atoms with E-state index in [4.69, 9.17) is 0 Å². The fourth-order valence-electron chi connectivity index (χ4n) is 5.13. The standard InChI is InChI=1S/C23H31N3O2/c1-25(24-28)21-11-14-26(16-21)17-22(23(27)12-5-2-6-13-23)20-10-9-18-7-3-4-8-19(18)15-20/h3-4,7-10,15,21-22,27H,2,5-6,11-14,16-17H2,1H3/t21-,22?/m0/s1. The van der Waals surface area contributed by atoms with Crippen molar-refractivity contribution in [1.29, 1.82) is 0 Å². The summed E-state index contributed by atoms with van der Waals surface area (Å²) in [5.74, 6) is 0.0886. The minimum absolute atomic E-state index is 0.0886. The van der Waals surface area contributed by atoms with Gasteiger partial charge in [0.1, 0.15) is 0 Å². The van der Waals surface area contributed by atoms with Gasteiger partial charge in [0, 0.05) is 32.6 Å². The second kappa shape index (κ2) is 8.18. The Morgan fingerprint density at radius 3 is 2.68 bits per heavy atom. The van der Waals surface area contributed by atoms with Gasteiger partial charge in [-0.25, -0.2) is 0 Å². The fraction of sp³-hybridized carbons (Fsp3) is 0.565. The number of hydrogen-bond acceptors (Lipinski definition) is 4. The Labute approximate surface area is 167 Å². The van der Waals surface area contributed by atoms with Crippen LogP contribution in [0.25, 0.3) is 10.8 Å². The molecule has 28 heavy (non-hydrogen) atoms. The summed E-state index contributed by atoms with van der Waals surface area (Å²) in [4.78, 5) is 13.3. The number of fused-ring (bicyclic) bond motifs is 1. The predicted octanol–water partition coefficient (Wildman–Crippen LogP) is 4.31. The Hall–Kier alpha value is -1.98. The highest BCUT2D eigenvalue weighted by molar-refractivity contribution is 5.83. The van der Waals surface area contributed by atoms with Gasteiger partial charge in [-0.3, -0.25) is 5.01 Å². The molecule has 1 saturated carbocycles. The monoisotopic (exact) mass is 381 g/mol. The number of hydrogen-bond donors (Lipinski definition) is 1. The maximum atomic E-state index is 11.6.